The third kappa shape index (κ3) is 5.41. The van der Waals surface area contributed by atoms with Crippen molar-refractivity contribution in [2.75, 3.05) is 13.2 Å². The molecule has 2 aromatic rings. The molecule has 0 radical (unpaired) electrons. The fraction of sp³-hybridized carbons (Fsp3) is 0.435. The van der Waals surface area contributed by atoms with Crippen LogP contribution in [0.1, 0.15) is 50.4 Å². The molecular weight excluding hydrogens is 354 g/mol. The van der Waals surface area contributed by atoms with Gasteiger partial charge in [0.05, 0.1) is 19.3 Å². The molecule has 0 saturated heterocycles. The first kappa shape index (κ1) is 21.6. The van der Waals surface area contributed by atoms with Crippen molar-refractivity contribution < 1.29 is 19.0 Å². The lowest BCUT2D eigenvalue weighted by atomic mass is 10.1. The summed E-state index contributed by atoms with van der Waals surface area (Å²) in [5.41, 5.74) is 3.12. The van der Waals surface area contributed by atoms with Gasteiger partial charge in [-0.2, -0.15) is 0 Å². The number of carbonyl (C=O) groups excluding carboxylic acids is 1. The van der Waals surface area contributed by atoms with E-state index >= 15 is 0 Å². The molecule has 0 saturated carbocycles. The maximum Gasteiger partial charge on any atom is 0.261 e. The van der Waals surface area contributed by atoms with Gasteiger partial charge in [0.1, 0.15) is 5.75 Å². The lowest BCUT2D eigenvalue weighted by Gasteiger charge is -2.21. The number of carbonyl (C=O) groups is 1. The van der Waals surface area contributed by atoms with Crippen LogP contribution in [-0.4, -0.2) is 25.2 Å². The van der Waals surface area contributed by atoms with Gasteiger partial charge in [0, 0.05) is 0 Å². The van der Waals surface area contributed by atoms with Crippen LogP contribution in [-0.2, 0) is 4.79 Å². The summed E-state index contributed by atoms with van der Waals surface area (Å²) in [6.45, 7) is 12.7. The molecule has 28 heavy (non-hydrogen) atoms. The molecule has 5 nitrogen and oxygen atoms in total. The summed E-state index contributed by atoms with van der Waals surface area (Å²) in [6.07, 6.45) is -0.600. The van der Waals surface area contributed by atoms with E-state index in [1.54, 1.807) is 6.92 Å². The number of ether oxygens (including phenoxy) is 3. The van der Waals surface area contributed by atoms with Crippen LogP contribution in [0, 0.1) is 13.8 Å². The normalized spacial score (nSPS) is 12.8. The zero-order valence-corrected chi connectivity index (χ0v) is 17.7. The fourth-order valence-electron chi connectivity index (χ4n) is 2.85. The number of nitrogens with one attached hydrogen (secondary N) is 1. The van der Waals surface area contributed by atoms with Crippen LogP contribution in [0.2, 0.25) is 0 Å². The molecule has 0 spiro atoms. The number of hydrogen-bond acceptors (Lipinski definition) is 4. The van der Waals surface area contributed by atoms with E-state index in [0.717, 1.165) is 22.4 Å². The summed E-state index contributed by atoms with van der Waals surface area (Å²) in [7, 11) is 0. The van der Waals surface area contributed by atoms with Gasteiger partial charge in [-0.1, -0.05) is 18.2 Å². The predicted octanol–water partition coefficient (Wildman–Crippen LogP) is 4.75. The van der Waals surface area contributed by atoms with E-state index in [9.17, 15) is 4.79 Å². The largest absolute Gasteiger partial charge is 0.490 e. The molecule has 0 bridgehead atoms. The summed E-state index contributed by atoms with van der Waals surface area (Å²) in [5.74, 6) is 1.95. The van der Waals surface area contributed by atoms with Gasteiger partial charge in [0.2, 0.25) is 0 Å². The highest BCUT2D eigenvalue weighted by molar-refractivity contribution is 5.81. The molecule has 5 heteroatoms. The number of aryl methyl sites for hydroxylation is 1. The van der Waals surface area contributed by atoms with Crippen molar-refractivity contribution in [2.45, 2.75) is 53.7 Å². The maximum absolute atomic E-state index is 12.6. The second kappa shape index (κ2) is 10.0. The third-order valence-corrected chi connectivity index (χ3v) is 4.65. The van der Waals surface area contributed by atoms with Crippen molar-refractivity contribution in [3.05, 3.63) is 53.1 Å². The molecule has 0 unspecified atom stereocenters. The predicted molar refractivity (Wildman–Crippen MR) is 111 cm³/mol. The lowest BCUT2D eigenvalue weighted by molar-refractivity contribution is -0.127. The fourth-order valence-corrected chi connectivity index (χ4v) is 2.85. The van der Waals surface area contributed by atoms with Crippen LogP contribution in [0.15, 0.2) is 36.4 Å². The van der Waals surface area contributed by atoms with Crippen LogP contribution >= 0.6 is 0 Å². The molecule has 2 aromatic carbocycles. The van der Waals surface area contributed by atoms with Gasteiger partial charge in [-0.25, -0.2) is 0 Å². The van der Waals surface area contributed by atoms with E-state index in [2.05, 4.69) is 5.32 Å². The molecule has 1 N–H and O–H groups in total. The summed E-state index contributed by atoms with van der Waals surface area (Å²) >= 11 is 0. The van der Waals surface area contributed by atoms with Gasteiger partial charge in [-0.3, -0.25) is 4.79 Å². The minimum Gasteiger partial charge on any atom is -0.490 e. The van der Waals surface area contributed by atoms with Gasteiger partial charge < -0.3 is 19.5 Å². The smallest absolute Gasteiger partial charge is 0.261 e. The third-order valence-electron chi connectivity index (χ3n) is 4.65. The lowest BCUT2D eigenvalue weighted by Crippen LogP contribution is -2.37. The minimum atomic E-state index is -0.600. The van der Waals surface area contributed by atoms with Crippen molar-refractivity contribution in [2.24, 2.45) is 0 Å². The van der Waals surface area contributed by atoms with Gasteiger partial charge >= 0.3 is 0 Å². The summed E-state index contributed by atoms with van der Waals surface area (Å²) in [4.78, 5) is 12.6. The SMILES string of the molecule is CCOc1ccc([C@H](C)NC(=O)[C@H](C)Oc2cccc(C)c2C)cc1OCC. The van der Waals surface area contributed by atoms with Gasteiger partial charge in [0.25, 0.3) is 5.91 Å². The maximum atomic E-state index is 12.6. The number of benzene rings is 2. The average Bonchev–Trinajstić information content (AvgIpc) is 2.67. The molecule has 0 heterocycles. The highest BCUT2D eigenvalue weighted by Gasteiger charge is 2.19. The van der Waals surface area contributed by atoms with E-state index in [-0.39, 0.29) is 11.9 Å². The first-order chi connectivity index (χ1) is 13.4. The van der Waals surface area contributed by atoms with Gasteiger partial charge in [0.15, 0.2) is 17.6 Å². The Bertz CT molecular complexity index is 803. The molecular formula is C23H31NO4. The van der Waals surface area contributed by atoms with Gasteiger partial charge in [-0.05, 0) is 76.4 Å². The van der Waals surface area contributed by atoms with E-state index in [0.29, 0.717) is 24.7 Å². The number of amides is 1. The molecule has 152 valence electrons. The zero-order valence-electron chi connectivity index (χ0n) is 17.7. The molecule has 0 aliphatic heterocycles. The monoisotopic (exact) mass is 385 g/mol. The number of rotatable bonds is 9. The molecule has 2 atom stereocenters. The Kier molecular flexibility index (Phi) is 7.73. The van der Waals surface area contributed by atoms with Crippen molar-refractivity contribution >= 4 is 5.91 Å². The Morgan fingerprint density at radius 1 is 0.964 bits per heavy atom. The van der Waals surface area contributed by atoms with Crippen LogP contribution < -0.4 is 19.5 Å². The molecule has 0 aliphatic carbocycles. The summed E-state index contributed by atoms with van der Waals surface area (Å²) in [6, 6.07) is 11.4. The van der Waals surface area contributed by atoms with Crippen molar-refractivity contribution in [1.29, 1.82) is 0 Å². The van der Waals surface area contributed by atoms with Crippen molar-refractivity contribution in [1.82, 2.24) is 5.32 Å². The Labute approximate surface area is 168 Å². The molecule has 0 fully saturated rings. The van der Waals surface area contributed by atoms with Gasteiger partial charge in [-0.15, -0.1) is 0 Å². The standard InChI is InChI=1S/C23H31NO4/c1-7-26-21-13-12-19(14-22(21)27-8-2)17(5)24-23(25)18(6)28-20-11-9-10-15(3)16(20)4/h9-14,17-18H,7-8H2,1-6H3,(H,24,25)/t17-,18-/m0/s1. The van der Waals surface area contributed by atoms with Crippen LogP contribution in [0.5, 0.6) is 17.2 Å². The topological polar surface area (TPSA) is 56.8 Å². The Balaban J connectivity index is 2.06. The van der Waals surface area contributed by atoms with E-state index in [4.69, 9.17) is 14.2 Å². The minimum absolute atomic E-state index is 0.166. The van der Waals surface area contributed by atoms with E-state index < -0.39 is 6.10 Å². The van der Waals surface area contributed by atoms with Crippen LogP contribution in [0.25, 0.3) is 0 Å². The van der Waals surface area contributed by atoms with Crippen molar-refractivity contribution in [3.8, 4) is 17.2 Å². The summed E-state index contributed by atoms with van der Waals surface area (Å²) < 4.78 is 17.2. The van der Waals surface area contributed by atoms with Crippen molar-refractivity contribution in [3.63, 3.8) is 0 Å². The molecule has 0 aliphatic rings. The molecule has 0 aromatic heterocycles. The second-order valence-corrected chi connectivity index (χ2v) is 6.76. The quantitative estimate of drug-likeness (QED) is 0.677. The average molecular weight is 386 g/mol. The highest BCUT2D eigenvalue weighted by atomic mass is 16.5. The van der Waals surface area contributed by atoms with E-state index in [1.165, 1.54) is 0 Å². The molecule has 2 rings (SSSR count). The Hall–Kier alpha value is -2.69. The summed E-state index contributed by atoms with van der Waals surface area (Å²) in [5, 5.41) is 3.01. The molecule has 1 amide bonds. The first-order valence-corrected chi connectivity index (χ1v) is 9.80. The van der Waals surface area contributed by atoms with Crippen LogP contribution in [0.4, 0.5) is 0 Å². The highest BCUT2D eigenvalue weighted by Crippen LogP contribution is 2.31. The first-order valence-electron chi connectivity index (χ1n) is 9.80. The number of hydrogen-bond donors (Lipinski definition) is 1. The second-order valence-electron chi connectivity index (χ2n) is 6.76. The van der Waals surface area contributed by atoms with Crippen LogP contribution in [0.3, 0.4) is 0 Å². The Morgan fingerprint density at radius 2 is 1.64 bits per heavy atom. The zero-order chi connectivity index (χ0) is 20.7. The Morgan fingerprint density at radius 3 is 2.32 bits per heavy atom. The van der Waals surface area contributed by atoms with E-state index in [1.807, 2.05) is 71.0 Å².